The topological polar surface area (TPSA) is 18.5 Å². The van der Waals surface area contributed by atoms with Gasteiger partial charge in [-0.2, -0.15) is 0 Å². The average Bonchev–Trinajstić information content (AvgIpc) is 2.47. The van der Waals surface area contributed by atoms with Crippen LogP contribution in [0.15, 0.2) is 45.3 Å². The van der Waals surface area contributed by atoms with Gasteiger partial charge in [-0.3, -0.25) is 0 Å². The number of rotatable bonds is 2. The number of hydrogen-bond acceptors (Lipinski definition) is 2. The molecule has 0 bridgehead atoms. The molecule has 20 heavy (non-hydrogen) atoms. The largest absolute Gasteiger partial charge is 0.496 e. The molecule has 0 aliphatic rings. The summed E-state index contributed by atoms with van der Waals surface area (Å²) in [5, 5.41) is 4.35. The highest BCUT2D eigenvalue weighted by Crippen LogP contribution is 2.39. The number of ether oxygens (including phenoxy) is 2. The summed E-state index contributed by atoms with van der Waals surface area (Å²) in [5.74, 6) is 1.71. The molecule has 0 spiro atoms. The molecule has 0 N–H and O–H groups in total. The van der Waals surface area contributed by atoms with Gasteiger partial charge in [0.15, 0.2) is 0 Å². The van der Waals surface area contributed by atoms with E-state index >= 15 is 0 Å². The minimum absolute atomic E-state index is 0.854. The fraction of sp³-hybridized carbons (Fsp3) is 0.125. The Kier molecular flexibility index (Phi) is 3.61. The number of halogens is 2. The zero-order valence-electron chi connectivity index (χ0n) is 11.0. The predicted octanol–water partition coefficient (Wildman–Crippen LogP) is 5.54. The first-order chi connectivity index (χ1) is 9.65. The Morgan fingerprint density at radius 2 is 1.05 bits per heavy atom. The molecule has 3 aromatic carbocycles. The Balaban J connectivity index is 2.52. The third-order valence-electron chi connectivity index (χ3n) is 3.41. The summed E-state index contributed by atoms with van der Waals surface area (Å²) in [7, 11) is 3.37. The fourth-order valence-electron chi connectivity index (χ4n) is 2.42. The first-order valence-electron chi connectivity index (χ1n) is 6.08. The van der Waals surface area contributed by atoms with Gasteiger partial charge in [0.05, 0.1) is 14.2 Å². The fourth-order valence-corrected chi connectivity index (χ4v) is 3.34. The van der Waals surface area contributed by atoms with Gasteiger partial charge in [-0.15, -0.1) is 0 Å². The SMILES string of the molecule is COc1ccc(Br)c2cc3c(Br)ccc(OC)c3cc12. The summed E-state index contributed by atoms with van der Waals surface area (Å²) in [4.78, 5) is 0. The lowest BCUT2D eigenvalue weighted by atomic mass is 10.0. The maximum Gasteiger partial charge on any atom is 0.126 e. The maximum atomic E-state index is 5.46. The zero-order chi connectivity index (χ0) is 14.3. The Bertz CT molecular complexity index is 748. The number of benzene rings is 3. The van der Waals surface area contributed by atoms with Crippen LogP contribution in [0.1, 0.15) is 0 Å². The van der Waals surface area contributed by atoms with Gasteiger partial charge in [-0.05, 0) is 36.4 Å². The minimum atomic E-state index is 0.854. The first kappa shape index (κ1) is 13.7. The number of hydrogen-bond donors (Lipinski definition) is 0. The van der Waals surface area contributed by atoms with Crippen LogP contribution in [0.2, 0.25) is 0 Å². The van der Waals surface area contributed by atoms with E-state index in [2.05, 4.69) is 44.0 Å². The average molecular weight is 396 g/mol. The van der Waals surface area contributed by atoms with Gasteiger partial charge in [0.1, 0.15) is 11.5 Å². The summed E-state index contributed by atoms with van der Waals surface area (Å²) < 4.78 is 13.0. The molecule has 0 atom stereocenters. The summed E-state index contributed by atoms with van der Waals surface area (Å²) >= 11 is 7.21. The van der Waals surface area contributed by atoms with E-state index in [0.29, 0.717) is 0 Å². The van der Waals surface area contributed by atoms with Crippen molar-refractivity contribution in [2.24, 2.45) is 0 Å². The van der Waals surface area contributed by atoms with Crippen molar-refractivity contribution in [2.75, 3.05) is 14.2 Å². The van der Waals surface area contributed by atoms with Crippen molar-refractivity contribution in [3.05, 3.63) is 45.3 Å². The molecule has 0 radical (unpaired) electrons. The second-order valence-electron chi connectivity index (χ2n) is 4.44. The lowest BCUT2D eigenvalue weighted by Gasteiger charge is -2.12. The van der Waals surface area contributed by atoms with Gasteiger partial charge >= 0.3 is 0 Å². The molecule has 4 heteroatoms. The Morgan fingerprint density at radius 3 is 1.45 bits per heavy atom. The zero-order valence-corrected chi connectivity index (χ0v) is 14.2. The van der Waals surface area contributed by atoms with Gasteiger partial charge in [0, 0.05) is 30.5 Å². The van der Waals surface area contributed by atoms with Crippen molar-refractivity contribution >= 4 is 53.4 Å². The van der Waals surface area contributed by atoms with Crippen LogP contribution in [0, 0.1) is 0 Å². The second-order valence-corrected chi connectivity index (χ2v) is 6.15. The molecule has 3 rings (SSSR count). The van der Waals surface area contributed by atoms with E-state index in [0.717, 1.165) is 42.0 Å². The van der Waals surface area contributed by atoms with E-state index < -0.39 is 0 Å². The molecule has 0 aliphatic heterocycles. The van der Waals surface area contributed by atoms with E-state index in [1.165, 1.54) is 0 Å². The molecule has 0 saturated heterocycles. The quantitative estimate of drug-likeness (QED) is 0.530. The van der Waals surface area contributed by atoms with E-state index in [1.807, 2.05) is 24.3 Å². The van der Waals surface area contributed by atoms with Crippen LogP contribution in [0.4, 0.5) is 0 Å². The van der Waals surface area contributed by atoms with Crippen molar-refractivity contribution < 1.29 is 9.47 Å². The predicted molar refractivity (Wildman–Crippen MR) is 90.0 cm³/mol. The second kappa shape index (κ2) is 5.26. The van der Waals surface area contributed by atoms with Crippen molar-refractivity contribution in [2.45, 2.75) is 0 Å². The van der Waals surface area contributed by atoms with Gasteiger partial charge in [0.25, 0.3) is 0 Å². The Morgan fingerprint density at radius 1 is 0.650 bits per heavy atom. The third kappa shape index (κ3) is 2.07. The summed E-state index contributed by atoms with van der Waals surface area (Å²) in [6, 6.07) is 12.2. The molecule has 0 amide bonds. The molecule has 3 aromatic rings. The monoisotopic (exact) mass is 394 g/mol. The Labute approximate surface area is 133 Å². The molecular formula is C16H12Br2O2. The third-order valence-corrected chi connectivity index (χ3v) is 4.79. The van der Waals surface area contributed by atoms with Gasteiger partial charge < -0.3 is 9.47 Å². The van der Waals surface area contributed by atoms with Crippen molar-refractivity contribution in [1.29, 1.82) is 0 Å². The van der Waals surface area contributed by atoms with Crippen molar-refractivity contribution in [1.82, 2.24) is 0 Å². The van der Waals surface area contributed by atoms with Crippen molar-refractivity contribution in [3.63, 3.8) is 0 Å². The van der Waals surface area contributed by atoms with Crippen molar-refractivity contribution in [3.8, 4) is 11.5 Å². The normalized spacial score (nSPS) is 11.0. The van der Waals surface area contributed by atoms with E-state index in [1.54, 1.807) is 14.2 Å². The van der Waals surface area contributed by atoms with Gasteiger partial charge in [-0.1, -0.05) is 31.9 Å². The maximum absolute atomic E-state index is 5.46. The van der Waals surface area contributed by atoms with Crippen LogP contribution >= 0.6 is 31.9 Å². The van der Waals surface area contributed by atoms with Crippen LogP contribution in [0.25, 0.3) is 21.5 Å². The molecular weight excluding hydrogens is 384 g/mol. The molecule has 0 heterocycles. The minimum Gasteiger partial charge on any atom is -0.496 e. The molecule has 0 fully saturated rings. The van der Waals surface area contributed by atoms with Crippen LogP contribution in [-0.4, -0.2) is 14.2 Å². The number of methoxy groups -OCH3 is 2. The van der Waals surface area contributed by atoms with E-state index in [9.17, 15) is 0 Å². The highest BCUT2D eigenvalue weighted by molar-refractivity contribution is 9.11. The van der Waals surface area contributed by atoms with Crippen LogP contribution < -0.4 is 9.47 Å². The summed E-state index contributed by atoms with van der Waals surface area (Å²) in [6.45, 7) is 0. The molecule has 0 saturated carbocycles. The molecule has 102 valence electrons. The molecule has 2 nitrogen and oxygen atoms in total. The molecule has 0 unspecified atom stereocenters. The van der Waals surface area contributed by atoms with E-state index in [4.69, 9.17) is 9.47 Å². The first-order valence-corrected chi connectivity index (χ1v) is 7.66. The van der Waals surface area contributed by atoms with Gasteiger partial charge in [-0.25, -0.2) is 0 Å². The highest BCUT2D eigenvalue weighted by Gasteiger charge is 2.11. The van der Waals surface area contributed by atoms with E-state index in [-0.39, 0.29) is 0 Å². The highest BCUT2D eigenvalue weighted by atomic mass is 79.9. The van der Waals surface area contributed by atoms with Crippen LogP contribution in [0.5, 0.6) is 11.5 Å². The molecule has 0 aliphatic carbocycles. The van der Waals surface area contributed by atoms with Gasteiger partial charge in [0.2, 0.25) is 0 Å². The number of fused-ring (bicyclic) bond motifs is 2. The van der Waals surface area contributed by atoms with Crippen LogP contribution in [-0.2, 0) is 0 Å². The summed E-state index contributed by atoms with van der Waals surface area (Å²) in [5.41, 5.74) is 0. The molecule has 0 aromatic heterocycles. The smallest absolute Gasteiger partial charge is 0.126 e. The lowest BCUT2D eigenvalue weighted by molar-refractivity contribution is 0.419. The Hall–Kier alpha value is -1.26. The summed E-state index contributed by atoms with van der Waals surface area (Å²) in [6.07, 6.45) is 0. The van der Waals surface area contributed by atoms with Crippen LogP contribution in [0.3, 0.4) is 0 Å². The standard InChI is InChI=1S/C16H12Br2O2/c1-19-15-5-3-13(17)9-7-10-12(8-11(9)15)16(20-2)6-4-14(10)18/h3-8H,1-2H3. The lowest BCUT2D eigenvalue weighted by Crippen LogP contribution is -1.89.